The normalized spacial score (nSPS) is 17.1. The van der Waals surface area contributed by atoms with Gasteiger partial charge in [-0.25, -0.2) is 0 Å². The van der Waals surface area contributed by atoms with Crippen LogP contribution >= 0.6 is 22.7 Å². The maximum absolute atomic E-state index is 11.8. The quantitative estimate of drug-likeness (QED) is 0.569. The third kappa shape index (κ3) is 3.22. The number of hydrogen-bond acceptors (Lipinski definition) is 5. The number of carbonyl (C=O) groups is 1. The van der Waals surface area contributed by atoms with E-state index in [1.165, 1.54) is 15.3 Å². The number of Topliss-reactive ketones (excluding diaryl/α,β-unsaturated/α-hetero) is 1. The number of hydrogen-bond donors (Lipinski definition) is 0. The van der Waals surface area contributed by atoms with Gasteiger partial charge in [0.2, 0.25) is 0 Å². The Kier molecular flexibility index (Phi) is 4.94. The molecule has 2 aromatic heterocycles. The Balaban J connectivity index is 1.71. The SMILES string of the molecule is COc1ccc(C(C)=O)cc1CN1CCc2sccc2C1c1cccs1. The van der Waals surface area contributed by atoms with Gasteiger partial charge in [-0.1, -0.05) is 6.07 Å². The van der Waals surface area contributed by atoms with E-state index in [2.05, 4.69) is 33.9 Å². The number of nitrogens with zero attached hydrogens (tertiary/aromatic N) is 1. The van der Waals surface area contributed by atoms with Crippen molar-refractivity contribution >= 4 is 28.5 Å². The Bertz CT molecular complexity index is 914. The number of thiophene rings is 2. The van der Waals surface area contributed by atoms with Crippen LogP contribution in [-0.2, 0) is 13.0 Å². The first kappa shape index (κ1) is 17.5. The Morgan fingerprint density at radius 2 is 2.12 bits per heavy atom. The van der Waals surface area contributed by atoms with Crippen molar-refractivity contribution in [1.29, 1.82) is 0 Å². The highest BCUT2D eigenvalue weighted by atomic mass is 32.1. The number of rotatable bonds is 5. The largest absolute Gasteiger partial charge is 0.496 e. The maximum Gasteiger partial charge on any atom is 0.159 e. The molecule has 3 heterocycles. The van der Waals surface area contributed by atoms with Crippen molar-refractivity contribution < 1.29 is 9.53 Å². The number of benzene rings is 1. The molecule has 1 aromatic carbocycles. The minimum Gasteiger partial charge on any atom is -0.496 e. The van der Waals surface area contributed by atoms with Gasteiger partial charge < -0.3 is 4.74 Å². The molecule has 5 heteroatoms. The smallest absolute Gasteiger partial charge is 0.159 e. The van der Waals surface area contributed by atoms with Crippen molar-refractivity contribution in [2.75, 3.05) is 13.7 Å². The first-order valence-electron chi connectivity index (χ1n) is 8.69. The molecule has 1 aliphatic heterocycles. The summed E-state index contributed by atoms with van der Waals surface area (Å²) in [5, 5.41) is 4.34. The second-order valence-electron chi connectivity index (χ2n) is 6.52. The van der Waals surface area contributed by atoms with Crippen molar-refractivity contribution in [3.8, 4) is 5.75 Å². The first-order chi connectivity index (χ1) is 12.7. The lowest BCUT2D eigenvalue weighted by Crippen LogP contribution is -2.34. The average Bonchev–Trinajstić information content (AvgIpc) is 3.33. The highest BCUT2D eigenvalue weighted by Gasteiger charge is 2.30. The molecule has 0 fully saturated rings. The topological polar surface area (TPSA) is 29.5 Å². The number of carbonyl (C=O) groups excluding carboxylic acids is 1. The monoisotopic (exact) mass is 383 g/mol. The molecule has 1 unspecified atom stereocenters. The minimum atomic E-state index is 0.0856. The van der Waals surface area contributed by atoms with E-state index in [0.29, 0.717) is 0 Å². The summed E-state index contributed by atoms with van der Waals surface area (Å²) in [5.41, 5.74) is 3.23. The van der Waals surface area contributed by atoms with Gasteiger partial charge in [0, 0.05) is 34.0 Å². The van der Waals surface area contributed by atoms with Crippen LogP contribution in [0.4, 0.5) is 0 Å². The molecule has 1 aliphatic rings. The summed E-state index contributed by atoms with van der Waals surface area (Å²) in [6.45, 7) is 3.38. The number of methoxy groups -OCH3 is 1. The van der Waals surface area contributed by atoms with Crippen LogP contribution in [0.25, 0.3) is 0 Å². The summed E-state index contributed by atoms with van der Waals surface area (Å²) < 4.78 is 5.57. The van der Waals surface area contributed by atoms with Crippen LogP contribution in [0.15, 0.2) is 47.2 Å². The van der Waals surface area contributed by atoms with Gasteiger partial charge in [0.25, 0.3) is 0 Å². The van der Waals surface area contributed by atoms with E-state index in [1.807, 2.05) is 29.5 Å². The van der Waals surface area contributed by atoms with Crippen LogP contribution < -0.4 is 4.74 Å². The molecule has 0 saturated carbocycles. The standard InChI is InChI=1S/C21H21NO2S2/c1-14(23)15-5-6-18(24-2)16(12-15)13-22-9-7-19-17(8-11-26-19)21(22)20-4-3-10-25-20/h3-6,8,10-12,21H,7,9,13H2,1-2H3. The van der Waals surface area contributed by atoms with E-state index in [-0.39, 0.29) is 11.8 Å². The van der Waals surface area contributed by atoms with Crippen LogP contribution in [-0.4, -0.2) is 24.3 Å². The van der Waals surface area contributed by atoms with Crippen molar-refractivity contribution in [2.45, 2.75) is 25.9 Å². The summed E-state index contributed by atoms with van der Waals surface area (Å²) >= 11 is 3.66. The van der Waals surface area contributed by atoms with Gasteiger partial charge in [-0.15, -0.1) is 22.7 Å². The van der Waals surface area contributed by atoms with Gasteiger partial charge in [0.15, 0.2) is 5.78 Å². The van der Waals surface area contributed by atoms with Crippen LogP contribution in [0.3, 0.4) is 0 Å². The van der Waals surface area contributed by atoms with Crippen LogP contribution in [0.2, 0.25) is 0 Å². The van der Waals surface area contributed by atoms with Gasteiger partial charge >= 0.3 is 0 Å². The van der Waals surface area contributed by atoms with Crippen LogP contribution in [0.1, 0.15) is 44.2 Å². The molecular formula is C21H21NO2S2. The summed E-state index contributed by atoms with van der Waals surface area (Å²) in [7, 11) is 1.69. The second kappa shape index (κ2) is 7.35. The first-order valence-corrected chi connectivity index (χ1v) is 10.4. The van der Waals surface area contributed by atoms with Gasteiger partial charge in [0.05, 0.1) is 13.2 Å². The van der Waals surface area contributed by atoms with Crippen LogP contribution in [0.5, 0.6) is 5.75 Å². The molecule has 134 valence electrons. The van der Waals surface area contributed by atoms with E-state index < -0.39 is 0 Å². The molecule has 0 saturated heterocycles. The zero-order valence-corrected chi connectivity index (χ0v) is 16.5. The van der Waals surface area contributed by atoms with Gasteiger partial charge in [-0.05, 0) is 60.0 Å². The van der Waals surface area contributed by atoms with Crippen molar-refractivity contribution in [1.82, 2.24) is 4.90 Å². The average molecular weight is 384 g/mol. The highest BCUT2D eigenvalue weighted by molar-refractivity contribution is 7.10. The molecule has 1 atom stereocenters. The molecule has 4 rings (SSSR count). The minimum absolute atomic E-state index is 0.0856. The molecule has 26 heavy (non-hydrogen) atoms. The fourth-order valence-electron chi connectivity index (χ4n) is 3.66. The van der Waals surface area contributed by atoms with E-state index in [4.69, 9.17) is 4.74 Å². The summed E-state index contributed by atoms with van der Waals surface area (Å²) in [5.74, 6) is 0.929. The third-order valence-corrected chi connectivity index (χ3v) is 6.86. The molecular weight excluding hydrogens is 362 g/mol. The molecule has 0 radical (unpaired) electrons. The summed E-state index contributed by atoms with van der Waals surface area (Å²) in [6, 6.07) is 12.6. The predicted molar refractivity (Wildman–Crippen MR) is 108 cm³/mol. The van der Waals surface area contributed by atoms with Crippen molar-refractivity contribution in [3.63, 3.8) is 0 Å². The zero-order chi connectivity index (χ0) is 18.1. The predicted octanol–water partition coefficient (Wildman–Crippen LogP) is 5.17. The highest BCUT2D eigenvalue weighted by Crippen LogP contribution is 2.40. The fraction of sp³-hybridized carbons (Fsp3) is 0.286. The lowest BCUT2D eigenvalue weighted by Gasteiger charge is -2.35. The van der Waals surface area contributed by atoms with E-state index in [0.717, 1.165) is 36.4 Å². The third-order valence-electron chi connectivity index (χ3n) is 4.94. The molecule has 3 nitrogen and oxygen atoms in total. The number of ketones is 1. The van der Waals surface area contributed by atoms with E-state index >= 15 is 0 Å². The Morgan fingerprint density at radius 1 is 1.23 bits per heavy atom. The summed E-state index contributed by atoms with van der Waals surface area (Å²) in [4.78, 5) is 17.2. The summed E-state index contributed by atoms with van der Waals surface area (Å²) in [6.07, 6.45) is 1.07. The van der Waals surface area contributed by atoms with Gasteiger partial charge in [-0.3, -0.25) is 9.69 Å². The lowest BCUT2D eigenvalue weighted by atomic mass is 9.97. The molecule has 0 bridgehead atoms. The maximum atomic E-state index is 11.8. The number of ether oxygens (including phenoxy) is 1. The zero-order valence-electron chi connectivity index (χ0n) is 14.9. The molecule has 0 amide bonds. The Labute approximate surface area is 161 Å². The number of fused-ring (bicyclic) bond motifs is 1. The van der Waals surface area contributed by atoms with Crippen molar-refractivity contribution in [3.05, 3.63) is 73.6 Å². The second-order valence-corrected chi connectivity index (χ2v) is 8.50. The molecule has 0 spiro atoms. The van der Waals surface area contributed by atoms with Crippen molar-refractivity contribution in [2.24, 2.45) is 0 Å². The van der Waals surface area contributed by atoms with E-state index in [9.17, 15) is 4.79 Å². The Hall–Kier alpha value is -1.95. The van der Waals surface area contributed by atoms with Gasteiger partial charge in [-0.2, -0.15) is 0 Å². The molecule has 0 aliphatic carbocycles. The van der Waals surface area contributed by atoms with E-state index in [1.54, 1.807) is 25.4 Å². The molecule has 0 N–H and O–H groups in total. The van der Waals surface area contributed by atoms with Gasteiger partial charge in [0.1, 0.15) is 5.75 Å². The fourth-order valence-corrected chi connectivity index (χ4v) is 5.44. The molecule has 3 aromatic rings. The Morgan fingerprint density at radius 3 is 2.85 bits per heavy atom. The lowest BCUT2D eigenvalue weighted by molar-refractivity contribution is 0.101. The van der Waals surface area contributed by atoms with Crippen LogP contribution in [0, 0.1) is 0 Å².